The molecule has 1 heterocycles. The van der Waals surface area contributed by atoms with Crippen LogP contribution in [-0.2, 0) is 0 Å². The summed E-state index contributed by atoms with van der Waals surface area (Å²) < 4.78 is 0. The molecule has 100 valence electrons. The van der Waals surface area contributed by atoms with Crippen LogP contribution < -0.4 is 5.32 Å². The van der Waals surface area contributed by atoms with Crippen LogP contribution in [0.1, 0.15) is 17.2 Å². The first-order valence-electron chi connectivity index (χ1n) is 6.74. The topological polar surface area (TPSA) is 18.5 Å². The zero-order valence-electron chi connectivity index (χ0n) is 12.0. The Bertz CT molecular complexity index is 391. The summed E-state index contributed by atoms with van der Waals surface area (Å²) in [6.07, 6.45) is 0. The SMILES string of the molecule is CNC(c1cccc(C)c1)C1CN(C)CCN1C. The minimum absolute atomic E-state index is 0.401. The first-order valence-corrected chi connectivity index (χ1v) is 6.74. The monoisotopic (exact) mass is 247 g/mol. The molecule has 3 nitrogen and oxygen atoms in total. The highest BCUT2D eigenvalue weighted by Crippen LogP contribution is 2.23. The molecule has 0 amide bonds. The van der Waals surface area contributed by atoms with Gasteiger partial charge in [0.2, 0.25) is 0 Å². The van der Waals surface area contributed by atoms with Gasteiger partial charge in [-0.15, -0.1) is 0 Å². The van der Waals surface area contributed by atoms with Gasteiger partial charge in [-0.3, -0.25) is 4.90 Å². The van der Waals surface area contributed by atoms with E-state index in [0.717, 1.165) is 19.6 Å². The van der Waals surface area contributed by atoms with Crippen molar-refractivity contribution in [2.24, 2.45) is 0 Å². The molecule has 1 aliphatic rings. The van der Waals surface area contributed by atoms with Crippen molar-refractivity contribution < 1.29 is 0 Å². The number of nitrogens with zero attached hydrogens (tertiary/aromatic N) is 2. The number of aryl methyl sites for hydroxylation is 1. The van der Waals surface area contributed by atoms with E-state index in [9.17, 15) is 0 Å². The summed E-state index contributed by atoms with van der Waals surface area (Å²) in [4.78, 5) is 4.90. The molecular formula is C15H25N3. The van der Waals surface area contributed by atoms with Crippen molar-refractivity contribution in [3.05, 3.63) is 35.4 Å². The quantitative estimate of drug-likeness (QED) is 0.873. The maximum Gasteiger partial charge on any atom is 0.0488 e. The van der Waals surface area contributed by atoms with Gasteiger partial charge in [0.05, 0.1) is 0 Å². The summed E-state index contributed by atoms with van der Waals surface area (Å²) in [7, 11) is 6.51. The van der Waals surface area contributed by atoms with Gasteiger partial charge in [0, 0.05) is 31.7 Å². The van der Waals surface area contributed by atoms with Gasteiger partial charge in [-0.05, 0) is 33.6 Å². The van der Waals surface area contributed by atoms with Crippen LogP contribution in [0.5, 0.6) is 0 Å². The second-order valence-electron chi connectivity index (χ2n) is 5.49. The van der Waals surface area contributed by atoms with E-state index in [-0.39, 0.29) is 0 Å². The van der Waals surface area contributed by atoms with Gasteiger partial charge in [-0.2, -0.15) is 0 Å². The number of hydrogen-bond acceptors (Lipinski definition) is 3. The van der Waals surface area contributed by atoms with Crippen LogP contribution in [0.15, 0.2) is 24.3 Å². The molecule has 1 aliphatic heterocycles. The van der Waals surface area contributed by atoms with Crippen LogP contribution in [0.3, 0.4) is 0 Å². The van der Waals surface area contributed by atoms with E-state index in [2.05, 4.69) is 67.4 Å². The van der Waals surface area contributed by atoms with Gasteiger partial charge in [-0.25, -0.2) is 0 Å². The van der Waals surface area contributed by atoms with E-state index in [1.165, 1.54) is 11.1 Å². The fraction of sp³-hybridized carbons (Fsp3) is 0.600. The van der Waals surface area contributed by atoms with E-state index in [0.29, 0.717) is 12.1 Å². The highest BCUT2D eigenvalue weighted by Gasteiger charge is 2.29. The molecule has 1 aromatic rings. The Balaban J connectivity index is 2.21. The van der Waals surface area contributed by atoms with Gasteiger partial charge in [0.1, 0.15) is 0 Å². The lowest BCUT2D eigenvalue weighted by Crippen LogP contribution is -2.54. The predicted molar refractivity (Wildman–Crippen MR) is 76.9 cm³/mol. The van der Waals surface area contributed by atoms with E-state index in [1.807, 2.05) is 0 Å². The Kier molecular flexibility index (Phi) is 4.38. The largest absolute Gasteiger partial charge is 0.312 e. The molecule has 0 radical (unpaired) electrons. The number of rotatable bonds is 3. The number of benzene rings is 1. The molecule has 1 saturated heterocycles. The molecule has 1 aromatic carbocycles. The fourth-order valence-corrected chi connectivity index (χ4v) is 2.85. The maximum atomic E-state index is 3.50. The van der Waals surface area contributed by atoms with E-state index >= 15 is 0 Å². The van der Waals surface area contributed by atoms with Crippen molar-refractivity contribution in [2.75, 3.05) is 40.8 Å². The minimum Gasteiger partial charge on any atom is -0.312 e. The molecule has 2 atom stereocenters. The Morgan fingerprint density at radius 3 is 2.72 bits per heavy atom. The molecule has 0 bridgehead atoms. The second-order valence-corrected chi connectivity index (χ2v) is 5.49. The third-order valence-electron chi connectivity index (χ3n) is 4.00. The van der Waals surface area contributed by atoms with Crippen LogP contribution in [0.4, 0.5) is 0 Å². The molecule has 0 aliphatic carbocycles. The summed E-state index contributed by atoms with van der Waals surface area (Å²) in [5, 5.41) is 3.50. The number of piperazine rings is 1. The molecule has 0 saturated carbocycles. The van der Waals surface area contributed by atoms with Crippen molar-refractivity contribution in [1.29, 1.82) is 0 Å². The zero-order valence-corrected chi connectivity index (χ0v) is 12.0. The normalized spacial score (nSPS) is 24.1. The Morgan fingerprint density at radius 1 is 1.28 bits per heavy atom. The summed E-state index contributed by atoms with van der Waals surface area (Å²) in [6.45, 7) is 5.59. The Morgan fingerprint density at radius 2 is 2.06 bits per heavy atom. The first-order chi connectivity index (χ1) is 8.61. The third-order valence-corrected chi connectivity index (χ3v) is 4.00. The standard InChI is InChI=1S/C15H25N3/c1-12-6-5-7-13(10-12)15(16-2)14-11-17(3)8-9-18(14)4/h5-7,10,14-16H,8-9,11H2,1-4H3. The number of hydrogen-bond donors (Lipinski definition) is 1. The van der Waals surface area contributed by atoms with Gasteiger partial charge in [-0.1, -0.05) is 29.8 Å². The highest BCUT2D eigenvalue weighted by atomic mass is 15.3. The number of nitrogens with one attached hydrogen (secondary N) is 1. The lowest BCUT2D eigenvalue weighted by molar-refractivity contribution is 0.0897. The molecule has 1 N–H and O–H groups in total. The van der Waals surface area contributed by atoms with Crippen molar-refractivity contribution >= 4 is 0 Å². The second kappa shape index (κ2) is 5.83. The molecule has 0 spiro atoms. The molecule has 0 aromatic heterocycles. The minimum atomic E-state index is 0.401. The average Bonchev–Trinajstić information content (AvgIpc) is 2.35. The molecule has 3 heteroatoms. The molecular weight excluding hydrogens is 222 g/mol. The summed E-state index contributed by atoms with van der Waals surface area (Å²) in [5.41, 5.74) is 2.73. The van der Waals surface area contributed by atoms with Crippen molar-refractivity contribution in [3.63, 3.8) is 0 Å². The van der Waals surface area contributed by atoms with Crippen LogP contribution >= 0.6 is 0 Å². The van der Waals surface area contributed by atoms with Gasteiger partial charge in [0.25, 0.3) is 0 Å². The summed E-state index contributed by atoms with van der Waals surface area (Å²) >= 11 is 0. The fourth-order valence-electron chi connectivity index (χ4n) is 2.85. The zero-order chi connectivity index (χ0) is 13.1. The molecule has 2 unspecified atom stereocenters. The van der Waals surface area contributed by atoms with Crippen molar-refractivity contribution in [3.8, 4) is 0 Å². The molecule has 18 heavy (non-hydrogen) atoms. The maximum absolute atomic E-state index is 3.50. The van der Waals surface area contributed by atoms with Gasteiger partial charge in [0.15, 0.2) is 0 Å². The van der Waals surface area contributed by atoms with Crippen LogP contribution in [0.2, 0.25) is 0 Å². The molecule has 2 rings (SSSR count). The lowest BCUT2D eigenvalue weighted by atomic mass is 9.95. The van der Waals surface area contributed by atoms with Crippen molar-refractivity contribution in [1.82, 2.24) is 15.1 Å². The highest BCUT2D eigenvalue weighted by molar-refractivity contribution is 5.26. The Labute approximate surface area is 111 Å². The first kappa shape index (κ1) is 13.5. The van der Waals surface area contributed by atoms with E-state index < -0.39 is 0 Å². The third kappa shape index (κ3) is 2.91. The van der Waals surface area contributed by atoms with E-state index in [1.54, 1.807) is 0 Å². The number of likely N-dealkylation sites (N-methyl/N-ethyl adjacent to an activating group) is 3. The van der Waals surface area contributed by atoms with Gasteiger partial charge < -0.3 is 10.2 Å². The summed E-state index contributed by atoms with van der Waals surface area (Å²) in [6, 6.07) is 9.78. The Hall–Kier alpha value is -0.900. The van der Waals surface area contributed by atoms with Crippen LogP contribution in [0, 0.1) is 6.92 Å². The van der Waals surface area contributed by atoms with Crippen LogP contribution in [-0.4, -0.2) is 56.6 Å². The smallest absolute Gasteiger partial charge is 0.0488 e. The summed E-state index contributed by atoms with van der Waals surface area (Å²) in [5.74, 6) is 0. The average molecular weight is 247 g/mol. The molecule has 1 fully saturated rings. The van der Waals surface area contributed by atoms with Crippen LogP contribution in [0.25, 0.3) is 0 Å². The van der Waals surface area contributed by atoms with Gasteiger partial charge >= 0.3 is 0 Å². The van der Waals surface area contributed by atoms with E-state index in [4.69, 9.17) is 0 Å². The van der Waals surface area contributed by atoms with Crippen molar-refractivity contribution in [2.45, 2.75) is 19.0 Å². The lowest BCUT2D eigenvalue weighted by Gasteiger charge is -2.42. The predicted octanol–water partition coefficient (Wildman–Crippen LogP) is 1.50.